The molecule has 12 N–H and O–H groups in total. The van der Waals surface area contributed by atoms with Crippen molar-refractivity contribution < 1.29 is 179 Å². The number of piperidine rings is 1. The molecule has 1 amide bonds. The van der Waals surface area contributed by atoms with E-state index in [1.165, 1.54) is 152 Å². The number of esters is 3. The van der Waals surface area contributed by atoms with Gasteiger partial charge in [0, 0.05) is 111 Å². The molecule has 5 saturated heterocycles. The summed E-state index contributed by atoms with van der Waals surface area (Å²) in [4.78, 5) is 147. The summed E-state index contributed by atoms with van der Waals surface area (Å²) in [7, 11) is -41.0. The lowest BCUT2D eigenvalue weighted by atomic mass is 9.86. The molecule has 0 radical (unpaired) electrons. The van der Waals surface area contributed by atoms with E-state index < -0.39 is 161 Å². The molecule has 3 saturated carbocycles. The number of ether oxygens (including phenoxy) is 4. The highest BCUT2D eigenvalue weighted by Gasteiger charge is 2.71. The number of carbonyl (C=O) groups is 4. The van der Waals surface area contributed by atoms with Gasteiger partial charge in [-0.25, -0.2) is 13.6 Å². The SMILES string of the molecule is O=C(Oc1ccc(C2OP(=O)(O)C(O)(Cc3cccnc3)P(=O)(O)O2)cc1)C1CC1.O=C(Oc1ccc(C2OP(=O)(O)C(O)(Cc3cccnc3)P(=O)(O)O2)cc1)C1CCC1.O=C(Oc1ccc(C2OP(=O)(O)C(O)(Cc3cccnc3)P(=O)(O)O2)cc1F)C1CC1.O=C(Oc1ccc(C2OP(=O)(O)C(O)(Cc3cccnc3)P(=O)(O)O2)cc1F)N1CCCCC1. The van der Waals surface area contributed by atoms with Crippen molar-refractivity contribution in [3.05, 3.63) is 239 Å². The molecule has 3 aliphatic carbocycles. The Bertz CT molecular complexity index is 5650. The largest absolute Gasteiger partial charge is 0.426 e. The van der Waals surface area contributed by atoms with Crippen LogP contribution >= 0.6 is 60.8 Å². The predicted octanol–water partition coefficient (Wildman–Crippen LogP) is 12.1. The highest BCUT2D eigenvalue weighted by atomic mass is 31.3. The number of rotatable bonds is 19. The summed E-state index contributed by atoms with van der Waals surface area (Å²) in [6, 6.07) is 28.9. The summed E-state index contributed by atoms with van der Waals surface area (Å²) in [5.41, 5.74) is 0.673. The molecule has 4 aromatic heterocycles. The number of halogens is 2. The minimum Gasteiger partial charge on any atom is -0.426 e. The first-order valence-electron chi connectivity index (χ1n) is 38.2. The summed E-state index contributed by atoms with van der Waals surface area (Å²) in [5.74, 6) is -4.00. The quantitative estimate of drug-likeness (QED) is 0.0203. The number of amides is 1. The molecular weight excluding hydrogens is 1830 g/mol. The average molecular weight is 1910 g/mol. The summed E-state index contributed by atoms with van der Waals surface area (Å²) in [5, 5.41) is 30.3. The van der Waals surface area contributed by atoms with Crippen LogP contribution in [0.4, 0.5) is 13.6 Å². The fraction of sp³-hybridized carbons (Fsp3) is 0.360. The van der Waals surface area contributed by atoms with Gasteiger partial charge in [0.05, 0.1) is 17.8 Å². The molecule has 9 heterocycles. The van der Waals surface area contributed by atoms with Crippen LogP contribution < -0.4 is 18.9 Å². The smallest absolute Gasteiger partial charge is 0.415 e. The third-order valence-electron chi connectivity index (χ3n) is 20.7. The Kier molecular flexibility index (Phi) is 28.7. The maximum atomic E-state index is 14.6. The van der Waals surface area contributed by atoms with Crippen molar-refractivity contribution in [3.8, 4) is 23.0 Å². The first-order chi connectivity index (χ1) is 59.3. The zero-order valence-corrected chi connectivity index (χ0v) is 72.6. The fourth-order valence-electron chi connectivity index (χ4n) is 12.8. The van der Waals surface area contributed by atoms with Crippen LogP contribution in [0.5, 0.6) is 23.0 Å². The number of aromatic nitrogens is 4. The van der Waals surface area contributed by atoms with E-state index in [9.17, 15) is 124 Å². The predicted molar refractivity (Wildman–Crippen MR) is 427 cm³/mol. The zero-order chi connectivity index (χ0) is 90.9. The number of aliphatic hydroxyl groups is 4. The van der Waals surface area contributed by atoms with Crippen molar-refractivity contribution in [1.29, 1.82) is 0 Å². The summed E-state index contributed by atoms with van der Waals surface area (Å²) in [6.45, 7) is 1.00. The van der Waals surface area contributed by atoms with Gasteiger partial charge in [0.15, 0.2) is 23.1 Å². The molecule has 8 aromatic rings. The van der Waals surface area contributed by atoms with Crippen molar-refractivity contribution in [3.63, 3.8) is 0 Å². The van der Waals surface area contributed by atoms with Gasteiger partial charge in [-0.05, 0) is 153 Å². The molecule has 41 nitrogen and oxygen atoms in total. The Balaban J connectivity index is 0.000000144. The Morgan fingerprint density at radius 1 is 0.349 bits per heavy atom. The molecule has 0 spiro atoms. The lowest BCUT2D eigenvalue weighted by Crippen LogP contribution is -2.38. The standard InChI is InChI=1S/C20H23FN2O9P2.C19H21NO9P2.C18H18FNO9P2.C18H19NO9P2/c21-16-11-15(6-7-17(16)30-19(24)23-9-2-1-3-10-23)18-31-33(26,27)20(25,34(28,29)32-18)12-14-5-4-8-22-13-14;21-17(14-4-1-5-14)27-16-8-6-15(7-9-16)18-28-30(23,24)19(22,31(25,26)29-18)11-13-3-2-10-20-12-13;19-14-8-13(5-6-15(14)27-16(21)12-3-4-12)17-28-30(23,24)18(22,31(25,26)29-17)9-11-2-1-7-20-10-11;20-16(13-3-4-13)26-15-7-5-14(6-8-15)17-27-29(22,23)18(21,30(24,25)28-17)10-12-2-1-9-19-11-12/h4-8,11,13,18,25H,1-3,9-10,12H2,(H,26,27)(H,28,29);2-3,6-10,12,14,18,22H,1,4-5,11H2,(H,23,24)(H,25,26);1-2,5-8,10,12,17,22H,3-4,9H2,(H,23,24)(H,25,26);1-2,5-9,11,13,17,21H,3-4,10H2,(H,22,23)(H,24,25). The van der Waals surface area contributed by atoms with E-state index in [-0.39, 0.29) is 91.4 Å². The number of nitrogens with zero attached hydrogens (tertiary/aromatic N) is 5. The van der Waals surface area contributed by atoms with Crippen LogP contribution in [0.25, 0.3) is 0 Å². The molecule has 51 heteroatoms. The summed E-state index contributed by atoms with van der Waals surface area (Å²) >= 11 is 0. The second-order valence-corrected chi connectivity index (χ2v) is 47.3. The number of pyridine rings is 4. The molecule has 676 valence electrons. The molecule has 16 rings (SSSR count). The van der Waals surface area contributed by atoms with Crippen molar-refractivity contribution in [1.82, 2.24) is 24.8 Å². The Morgan fingerprint density at radius 3 is 0.865 bits per heavy atom. The van der Waals surface area contributed by atoms with Gasteiger partial charge in [-0.2, -0.15) is 0 Å². The highest BCUT2D eigenvalue weighted by Crippen LogP contribution is 2.83. The number of benzene rings is 4. The van der Waals surface area contributed by atoms with Crippen molar-refractivity contribution in [2.45, 2.75) is 135 Å². The zero-order valence-electron chi connectivity index (χ0n) is 65.4. The topological polar surface area (TPSA) is 613 Å². The van der Waals surface area contributed by atoms with Crippen LogP contribution in [0.15, 0.2) is 183 Å². The number of hydrogen-bond donors (Lipinski definition) is 12. The monoisotopic (exact) mass is 1910 g/mol. The molecular formula is C75H81F2N5O36P8. The van der Waals surface area contributed by atoms with Crippen LogP contribution in [-0.4, -0.2) is 142 Å². The molecule has 8 fully saturated rings. The first kappa shape index (κ1) is 95.6. The van der Waals surface area contributed by atoms with E-state index >= 15 is 0 Å². The van der Waals surface area contributed by atoms with E-state index in [4.69, 9.17) is 55.1 Å². The van der Waals surface area contributed by atoms with Gasteiger partial charge < -0.3 is 83.4 Å². The van der Waals surface area contributed by atoms with E-state index in [1.807, 2.05) is 0 Å². The summed E-state index contributed by atoms with van der Waals surface area (Å²) in [6.07, 6.45) is 8.09. The van der Waals surface area contributed by atoms with Gasteiger partial charge in [0.25, 0.3) is 20.3 Å². The van der Waals surface area contributed by atoms with Gasteiger partial charge >= 0.3 is 84.8 Å². The molecule has 8 atom stereocenters. The average Bonchev–Trinajstić information content (AvgIpc) is 1.74. The first-order valence-corrected chi connectivity index (χ1v) is 50.9. The second kappa shape index (κ2) is 37.9. The molecule has 4 aromatic carbocycles. The van der Waals surface area contributed by atoms with Gasteiger partial charge in [-0.3, -0.25) is 107 Å². The number of carbonyl (C=O) groups excluding carboxylic acids is 4. The maximum absolute atomic E-state index is 14.6. The van der Waals surface area contributed by atoms with E-state index in [0.717, 1.165) is 87.8 Å². The third kappa shape index (κ3) is 21.1. The Hall–Kier alpha value is -7.94. The fourth-order valence-corrected chi connectivity index (χ4v) is 27.1. The minimum absolute atomic E-state index is 0.0901. The number of likely N-dealkylation sites (tertiary alicyclic amines) is 1. The molecule has 126 heavy (non-hydrogen) atoms. The lowest BCUT2D eigenvalue weighted by molar-refractivity contribution is -0.141. The second-order valence-electron chi connectivity index (χ2n) is 30.0. The van der Waals surface area contributed by atoms with Crippen LogP contribution in [0.2, 0.25) is 0 Å². The minimum atomic E-state index is -5.21. The molecule has 0 bridgehead atoms. The van der Waals surface area contributed by atoms with Gasteiger partial charge in [-0.1, -0.05) is 67.1 Å². The van der Waals surface area contributed by atoms with Gasteiger partial charge in [0.2, 0.25) is 25.2 Å². The summed E-state index contributed by atoms with van der Waals surface area (Å²) < 4.78 is 192. The van der Waals surface area contributed by atoms with Crippen molar-refractivity contribution >= 4 is 84.8 Å². The normalized spacial score (nSPS) is 33.0. The molecule has 8 unspecified atom stereocenters. The molecule has 5 aliphatic heterocycles. The Labute approximate surface area is 713 Å². The van der Waals surface area contributed by atoms with E-state index in [1.54, 1.807) is 0 Å². The van der Waals surface area contributed by atoms with Crippen LogP contribution in [0.3, 0.4) is 0 Å². The number of hydrogen-bond acceptors (Lipinski definition) is 32. The van der Waals surface area contributed by atoms with Crippen LogP contribution in [-0.2, 0) is 113 Å². The van der Waals surface area contributed by atoms with Gasteiger partial charge in [0.1, 0.15) is 11.5 Å². The van der Waals surface area contributed by atoms with Crippen molar-refractivity contribution in [2.24, 2.45) is 17.8 Å². The molecule has 8 aliphatic rings. The van der Waals surface area contributed by atoms with Gasteiger partial charge in [-0.15, -0.1) is 0 Å². The van der Waals surface area contributed by atoms with E-state index in [0.29, 0.717) is 25.9 Å². The van der Waals surface area contributed by atoms with Crippen molar-refractivity contribution in [2.75, 3.05) is 13.1 Å². The van der Waals surface area contributed by atoms with Crippen LogP contribution in [0, 0.1) is 29.4 Å². The van der Waals surface area contributed by atoms with Crippen LogP contribution in [0.1, 0.15) is 134 Å². The third-order valence-corrected chi connectivity index (χ3v) is 39.1. The van der Waals surface area contributed by atoms with E-state index in [2.05, 4.69) is 19.9 Å². The lowest BCUT2D eigenvalue weighted by Gasteiger charge is -2.41. The maximum Gasteiger partial charge on any atom is 0.415 e. The highest BCUT2D eigenvalue weighted by molar-refractivity contribution is 7.75. The Morgan fingerprint density at radius 2 is 0.611 bits per heavy atom.